The van der Waals surface area contributed by atoms with Crippen molar-refractivity contribution in [2.75, 3.05) is 0 Å². The van der Waals surface area contributed by atoms with Gasteiger partial charge in [-0.1, -0.05) is 23.9 Å². The molecule has 0 fully saturated rings. The van der Waals surface area contributed by atoms with Crippen LogP contribution in [0.1, 0.15) is 17.3 Å². The Morgan fingerprint density at radius 1 is 1.19 bits per heavy atom. The summed E-state index contributed by atoms with van der Waals surface area (Å²) in [5, 5.41) is 27.9. The zero-order valence-electron chi connectivity index (χ0n) is 8.15. The fraction of sp³-hybridized carbons (Fsp3) is 0.111. The molecular formula is C9H8Mn2O5+2. The molecule has 0 spiro atoms. The Kier molecular flexibility index (Phi) is 13.4. The van der Waals surface area contributed by atoms with Crippen LogP contribution in [0.25, 0.3) is 0 Å². The van der Waals surface area contributed by atoms with Crippen LogP contribution in [0.5, 0.6) is 5.75 Å². The number of carboxylic acids is 2. The van der Waals surface area contributed by atoms with Crippen molar-refractivity contribution < 1.29 is 59.0 Å². The Bertz CT molecular complexity index is 336. The van der Waals surface area contributed by atoms with Gasteiger partial charge in [-0.05, 0) is 13.0 Å². The molecule has 0 aliphatic rings. The molecule has 0 atom stereocenters. The van der Waals surface area contributed by atoms with Crippen LogP contribution >= 0.6 is 0 Å². The predicted octanol–water partition coefficient (Wildman–Crippen LogP) is -0.790. The van der Waals surface area contributed by atoms with E-state index >= 15 is 0 Å². The van der Waals surface area contributed by atoms with E-state index < -0.39 is 17.7 Å². The maximum absolute atomic E-state index is 10.7. The standard InChI is InChI=1S/C7H6O3.C2H4O2.2Mn/c8-6-4-2-1-3-5(6)7(9)10;1-2(3)4;;/h1-4,8H,(H,9,10);1H3,(H,3,4);;/q;;2*+2/p-2. The van der Waals surface area contributed by atoms with Crippen LogP contribution in [-0.4, -0.2) is 17.0 Å². The number of carboxylic acid groups (broad SMARTS) is 2. The molecule has 0 unspecified atom stereocenters. The van der Waals surface area contributed by atoms with Crippen molar-refractivity contribution in [3.63, 3.8) is 0 Å². The first-order valence-electron chi connectivity index (χ1n) is 3.62. The van der Waals surface area contributed by atoms with E-state index in [0.717, 1.165) is 6.92 Å². The van der Waals surface area contributed by atoms with Crippen LogP contribution in [0, 0.1) is 0 Å². The molecule has 0 aliphatic carbocycles. The molecule has 86 valence electrons. The third kappa shape index (κ3) is 9.55. The number of hydrogen-bond donors (Lipinski definition) is 1. The van der Waals surface area contributed by atoms with E-state index in [-0.39, 0.29) is 39.7 Å². The number of aromatic carboxylic acids is 1. The van der Waals surface area contributed by atoms with Gasteiger partial charge in [-0.3, -0.25) is 0 Å². The summed E-state index contributed by atoms with van der Waals surface area (Å²) in [6.45, 7) is 0.972. The molecule has 1 aromatic carbocycles. The molecule has 16 heavy (non-hydrogen) atoms. The second kappa shape index (κ2) is 10.5. The van der Waals surface area contributed by atoms with E-state index in [9.17, 15) is 9.90 Å². The normalized spacial score (nSPS) is 7.31. The molecule has 0 bridgehead atoms. The topological polar surface area (TPSA) is 100 Å². The Morgan fingerprint density at radius 3 is 1.81 bits per heavy atom. The van der Waals surface area contributed by atoms with E-state index in [0.29, 0.717) is 0 Å². The Labute approximate surface area is 113 Å². The van der Waals surface area contributed by atoms with Crippen molar-refractivity contribution in [1.82, 2.24) is 0 Å². The van der Waals surface area contributed by atoms with Crippen LogP contribution in [0.2, 0.25) is 0 Å². The second-order valence-corrected chi connectivity index (χ2v) is 2.29. The number of carbonyl (C=O) groups excluding carboxylic acids is 1. The first-order valence-corrected chi connectivity index (χ1v) is 3.62. The molecule has 0 amide bonds. The minimum atomic E-state index is -1.18. The van der Waals surface area contributed by atoms with Crippen molar-refractivity contribution in [3.05, 3.63) is 29.8 Å². The summed E-state index contributed by atoms with van der Waals surface area (Å²) in [5.41, 5.74) is -0.178. The van der Waals surface area contributed by atoms with Gasteiger partial charge >= 0.3 is 40.1 Å². The number of aliphatic carboxylic acids is 1. The number of carbonyl (C=O) groups is 2. The van der Waals surface area contributed by atoms with Crippen LogP contribution in [0.3, 0.4) is 0 Å². The molecule has 0 saturated heterocycles. The van der Waals surface area contributed by atoms with E-state index in [1.807, 2.05) is 0 Å². The monoisotopic (exact) mass is 306 g/mol. The summed E-state index contributed by atoms with van der Waals surface area (Å²) >= 11 is 0. The predicted molar refractivity (Wildman–Crippen MR) is 43.5 cm³/mol. The average Bonchev–Trinajstić information content (AvgIpc) is 2.03. The van der Waals surface area contributed by atoms with Crippen molar-refractivity contribution in [1.29, 1.82) is 0 Å². The van der Waals surface area contributed by atoms with Crippen LogP contribution in [-0.2, 0) is 38.9 Å². The third-order valence-electron chi connectivity index (χ3n) is 1.12. The zero-order valence-corrected chi connectivity index (χ0v) is 10.5. The molecule has 0 aliphatic heterocycles. The summed E-state index contributed by atoms with van der Waals surface area (Å²) in [4.78, 5) is 19.1. The number of rotatable bonds is 1. The largest absolute Gasteiger partial charge is 2.00 e. The van der Waals surface area contributed by atoms with Crippen LogP contribution in [0.4, 0.5) is 0 Å². The molecule has 0 saturated carbocycles. The average molecular weight is 306 g/mol. The molecule has 1 rings (SSSR count). The van der Waals surface area contributed by atoms with Gasteiger partial charge in [0.15, 0.2) is 0 Å². The molecule has 1 aromatic rings. The molecule has 2 radical (unpaired) electrons. The summed E-state index contributed by atoms with van der Waals surface area (Å²) in [6.07, 6.45) is 0. The number of para-hydroxylation sites is 1. The maximum atomic E-state index is 10.7. The van der Waals surface area contributed by atoms with Crippen molar-refractivity contribution >= 4 is 11.9 Å². The van der Waals surface area contributed by atoms with Gasteiger partial charge < -0.3 is 20.1 Å². The van der Waals surface area contributed by atoms with Gasteiger partial charge in [-0.2, -0.15) is 0 Å². The minimum absolute atomic E-state index is 0. The summed E-state index contributed by atoms with van der Waals surface area (Å²) in [6, 6.07) is 5.54. The van der Waals surface area contributed by atoms with Crippen LogP contribution < -0.4 is 10.2 Å². The van der Waals surface area contributed by atoms with Crippen molar-refractivity contribution in [2.45, 2.75) is 6.92 Å². The first kappa shape index (κ1) is 20.4. The summed E-state index contributed by atoms with van der Waals surface area (Å²) < 4.78 is 0. The molecule has 5 nitrogen and oxygen atoms in total. The van der Waals surface area contributed by atoms with Gasteiger partial charge in [0.25, 0.3) is 0 Å². The fourth-order valence-electron chi connectivity index (χ4n) is 0.643. The van der Waals surface area contributed by atoms with Gasteiger partial charge in [-0.25, -0.2) is 4.79 Å². The fourth-order valence-corrected chi connectivity index (χ4v) is 0.643. The SMILES string of the molecule is CC(=O)[O-].O=C(O)c1ccccc1[O-].[Mn+2].[Mn+2]. The second-order valence-electron chi connectivity index (χ2n) is 2.29. The molecule has 7 heteroatoms. The van der Waals surface area contributed by atoms with E-state index in [1.54, 1.807) is 0 Å². The third-order valence-corrected chi connectivity index (χ3v) is 1.12. The van der Waals surface area contributed by atoms with Crippen LogP contribution in [0.15, 0.2) is 24.3 Å². The van der Waals surface area contributed by atoms with Gasteiger partial charge in [0, 0.05) is 5.97 Å². The van der Waals surface area contributed by atoms with Gasteiger partial charge in [0.2, 0.25) is 0 Å². The summed E-state index contributed by atoms with van der Waals surface area (Å²) in [7, 11) is 0. The number of hydrogen-bond acceptors (Lipinski definition) is 4. The Balaban J connectivity index is -0.000000249. The Hall–Kier alpha value is -1.00. The first-order chi connectivity index (χ1) is 6.45. The van der Waals surface area contributed by atoms with E-state index in [2.05, 4.69) is 0 Å². The number of benzene rings is 1. The maximum Gasteiger partial charge on any atom is 2.00 e. The Morgan fingerprint density at radius 2 is 1.56 bits per heavy atom. The van der Waals surface area contributed by atoms with Gasteiger partial charge in [0.1, 0.15) is 0 Å². The molecular weight excluding hydrogens is 298 g/mol. The molecule has 0 aromatic heterocycles. The minimum Gasteiger partial charge on any atom is -0.872 e. The summed E-state index contributed by atoms with van der Waals surface area (Å²) in [5.74, 6) is -2.71. The van der Waals surface area contributed by atoms with Gasteiger partial charge in [0.05, 0.1) is 5.56 Å². The zero-order chi connectivity index (χ0) is 11.1. The van der Waals surface area contributed by atoms with Crippen molar-refractivity contribution in [2.24, 2.45) is 0 Å². The molecule has 0 heterocycles. The van der Waals surface area contributed by atoms with Crippen molar-refractivity contribution in [3.8, 4) is 5.75 Å². The van der Waals surface area contributed by atoms with E-state index in [4.69, 9.17) is 15.0 Å². The quantitative estimate of drug-likeness (QED) is 0.685. The van der Waals surface area contributed by atoms with Gasteiger partial charge in [-0.15, -0.1) is 0 Å². The molecule has 1 N–H and O–H groups in total. The van der Waals surface area contributed by atoms with E-state index in [1.165, 1.54) is 24.3 Å². The smallest absolute Gasteiger partial charge is 0.872 e.